The summed E-state index contributed by atoms with van der Waals surface area (Å²) in [6.45, 7) is 10.2. The molecule has 1 aromatic carbocycles. The number of hydrogen-bond donors (Lipinski definition) is 0. The van der Waals surface area contributed by atoms with Crippen molar-refractivity contribution in [2.24, 2.45) is 11.0 Å². The van der Waals surface area contributed by atoms with Gasteiger partial charge >= 0.3 is 0 Å². The van der Waals surface area contributed by atoms with Crippen LogP contribution in [0.25, 0.3) is 5.70 Å². The molecular formula is C21H25ClN2O. The SMILES string of the molecule is C=C1C=CC=NN1/C(=C(\CCC)C(=O)C(C)CC)c1ccc(Cl)cc1. The topological polar surface area (TPSA) is 32.7 Å². The number of carbonyl (C=O) groups excluding carboxylic acids is 1. The molecule has 1 aliphatic rings. The van der Waals surface area contributed by atoms with Gasteiger partial charge in [0.15, 0.2) is 5.78 Å². The highest BCUT2D eigenvalue weighted by atomic mass is 35.5. The average Bonchev–Trinajstić information content (AvgIpc) is 2.62. The fourth-order valence-corrected chi connectivity index (χ4v) is 2.85. The quantitative estimate of drug-likeness (QED) is 0.575. The molecule has 1 heterocycles. The molecule has 1 aliphatic heterocycles. The number of hydrogen-bond acceptors (Lipinski definition) is 3. The molecule has 0 aromatic heterocycles. The van der Waals surface area contributed by atoms with Gasteiger partial charge in [-0.2, -0.15) is 5.10 Å². The minimum absolute atomic E-state index is 0.0265. The molecule has 132 valence electrons. The highest BCUT2D eigenvalue weighted by Gasteiger charge is 2.25. The third-order valence-corrected chi connectivity index (χ3v) is 4.55. The van der Waals surface area contributed by atoms with E-state index in [1.807, 2.05) is 50.3 Å². The van der Waals surface area contributed by atoms with E-state index in [9.17, 15) is 4.79 Å². The lowest BCUT2D eigenvalue weighted by Crippen LogP contribution is -2.22. The van der Waals surface area contributed by atoms with E-state index >= 15 is 0 Å². The largest absolute Gasteiger partial charge is 0.294 e. The van der Waals surface area contributed by atoms with E-state index in [0.29, 0.717) is 11.4 Å². The van der Waals surface area contributed by atoms with Crippen molar-refractivity contribution in [2.45, 2.75) is 40.0 Å². The molecule has 1 unspecified atom stereocenters. The van der Waals surface area contributed by atoms with Gasteiger partial charge in [0.1, 0.15) is 0 Å². The van der Waals surface area contributed by atoms with Gasteiger partial charge in [-0.05, 0) is 37.1 Å². The Morgan fingerprint density at radius 1 is 1.28 bits per heavy atom. The highest BCUT2D eigenvalue weighted by molar-refractivity contribution is 6.30. The van der Waals surface area contributed by atoms with Gasteiger partial charge < -0.3 is 0 Å². The molecule has 0 saturated carbocycles. The summed E-state index contributed by atoms with van der Waals surface area (Å²) in [7, 11) is 0. The normalized spacial score (nSPS) is 16.0. The molecule has 0 fully saturated rings. The average molecular weight is 357 g/mol. The zero-order valence-corrected chi connectivity index (χ0v) is 15.9. The van der Waals surface area contributed by atoms with Crippen molar-refractivity contribution in [1.82, 2.24) is 5.01 Å². The predicted octanol–water partition coefficient (Wildman–Crippen LogP) is 5.84. The van der Waals surface area contributed by atoms with Crippen molar-refractivity contribution in [3.8, 4) is 0 Å². The molecule has 1 aromatic rings. The van der Waals surface area contributed by atoms with Crippen LogP contribution in [-0.4, -0.2) is 17.0 Å². The van der Waals surface area contributed by atoms with Crippen LogP contribution >= 0.6 is 11.6 Å². The van der Waals surface area contributed by atoms with Crippen LogP contribution < -0.4 is 0 Å². The number of benzene rings is 1. The molecule has 0 radical (unpaired) electrons. The minimum Gasteiger partial charge on any atom is -0.294 e. The van der Waals surface area contributed by atoms with E-state index in [4.69, 9.17) is 11.6 Å². The summed E-state index contributed by atoms with van der Waals surface area (Å²) < 4.78 is 0. The zero-order chi connectivity index (χ0) is 18.4. The first-order valence-corrected chi connectivity index (χ1v) is 9.10. The van der Waals surface area contributed by atoms with Crippen LogP contribution in [0.5, 0.6) is 0 Å². The fraction of sp³-hybridized carbons (Fsp3) is 0.333. The molecule has 0 spiro atoms. The van der Waals surface area contributed by atoms with Crippen molar-refractivity contribution in [3.63, 3.8) is 0 Å². The number of Topliss-reactive ketones (excluding diaryl/α,β-unsaturated/α-hetero) is 1. The van der Waals surface area contributed by atoms with Gasteiger partial charge in [-0.15, -0.1) is 0 Å². The number of hydrazone groups is 1. The highest BCUT2D eigenvalue weighted by Crippen LogP contribution is 2.33. The van der Waals surface area contributed by atoms with Crippen LogP contribution in [0, 0.1) is 5.92 Å². The van der Waals surface area contributed by atoms with Crippen LogP contribution in [-0.2, 0) is 4.79 Å². The van der Waals surface area contributed by atoms with E-state index in [-0.39, 0.29) is 11.7 Å². The number of nitrogens with zero attached hydrogens (tertiary/aromatic N) is 2. The summed E-state index contributed by atoms with van der Waals surface area (Å²) >= 11 is 6.05. The summed E-state index contributed by atoms with van der Waals surface area (Å²) in [5.41, 5.74) is 3.25. The lowest BCUT2D eigenvalue weighted by atomic mass is 9.90. The first-order chi connectivity index (χ1) is 12.0. The summed E-state index contributed by atoms with van der Waals surface area (Å²) in [5, 5.41) is 6.88. The maximum atomic E-state index is 13.1. The molecule has 2 rings (SSSR count). The molecule has 3 nitrogen and oxygen atoms in total. The molecule has 0 aliphatic carbocycles. The van der Waals surface area contributed by atoms with Gasteiger partial charge in [0.2, 0.25) is 0 Å². The molecule has 0 N–H and O–H groups in total. The van der Waals surface area contributed by atoms with Gasteiger partial charge in [-0.1, -0.05) is 57.5 Å². The smallest absolute Gasteiger partial charge is 0.163 e. The van der Waals surface area contributed by atoms with Gasteiger partial charge in [0, 0.05) is 28.3 Å². The first kappa shape index (κ1) is 19.2. The Bertz CT molecular complexity index is 729. The summed E-state index contributed by atoms with van der Waals surface area (Å²) in [4.78, 5) is 13.1. The van der Waals surface area contributed by atoms with Crippen LogP contribution in [0.2, 0.25) is 5.02 Å². The Morgan fingerprint density at radius 3 is 2.52 bits per heavy atom. The molecule has 0 saturated heterocycles. The second-order valence-corrected chi connectivity index (χ2v) is 6.62. The van der Waals surface area contributed by atoms with Crippen molar-refractivity contribution < 1.29 is 4.79 Å². The van der Waals surface area contributed by atoms with E-state index in [2.05, 4.69) is 18.6 Å². The Balaban J connectivity index is 2.67. The van der Waals surface area contributed by atoms with Gasteiger partial charge in [0.05, 0.1) is 11.4 Å². The fourth-order valence-electron chi connectivity index (χ4n) is 2.73. The lowest BCUT2D eigenvalue weighted by Gasteiger charge is -2.28. The molecule has 25 heavy (non-hydrogen) atoms. The number of allylic oxidation sites excluding steroid dienone is 3. The number of halogens is 1. The maximum Gasteiger partial charge on any atom is 0.163 e. The second kappa shape index (κ2) is 8.82. The number of rotatable bonds is 7. The van der Waals surface area contributed by atoms with Crippen molar-refractivity contribution in [2.75, 3.05) is 0 Å². The third-order valence-electron chi connectivity index (χ3n) is 4.30. The van der Waals surface area contributed by atoms with Crippen LogP contribution in [0.1, 0.15) is 45.6 Å². The molecule has 0 amide bonds. The maximum absolute atomic E-state index is 13.1. The standard InChI is InChI=1S/C21H25ClN2O/c1-5-8-19(21(25)15(3)6-2)20(17-10-12-18(22)13-11-17)24-16(4)9-7-14-23-24/h7,9-15H,4-6,8H2,1-3H3/b20-19+. The molecule has 0 bridgehead atoms. The van der Waals surface area contributed by atoms with Gasteiger partial charge in [0.25, 0.3) is 0 Å². The van der Waals surface area contributed by atoms with E-state index < -0.39 is 0 Å². The summed E-state index contributed by atoms with van der Waals surface area (Å²) in [6.07, 6.45) is 7.83. The molecular weight excluding hydrogens is 332 g/mol. The number of ketones is 1. The molecule has 1 atom stereocenters. The Labute approximate surface area is 155 Å². The summed E-state index contributed by atoms with van der Waals surface area (Å²) in [6, 6.07) is 7.53. The monoisotopic (exact) mass is 356 g/mol. The van der Waals surface area contributed by atoms with E-state index in [0.717, 1.165) is 35.4 Å². The minimum atomic E-state index is -0.0265. The van der Waals surface area contributed by atoms with Crippen LogP contribution in [0.4, 0.5) is 0 Å². The Kier molecular flexibility index (Phi) is 6.77. The Morgan fingerprint density at radius 2 is 1.96 bits per heavy atom. The van der Waals surface area contributed by atoms with E-state index in [1.54, 1.807) is 11.2 Å². The zero-order valence-electron chi connectivity index (χ0n) is 15.1. The Hall–Kier alpha value is -2.13. The third kappa shape index (κ3) is 4.49. The van der Waals surface area contributed by atoms with Crippen LogP contribution in [0.15, 0.2) is 59.4 Å². The van der Waals surface area contributed by atoms with Crippen molar-refractivity contribution in [1.29, 1.82) is 0 Å². The predicted molar refractivity (Wildman–Crippen MR) is 106 cm³/mol. The number of carbonyl (C=O) groups is 1. The lowest BCUT2D eigenvalue weighted by molar-refractivity contribution is -0.118. The van der Waals surface area contributed by atoms with Crippen molar-refractivity contribution >= 4 is 29.3 Å². The van der Waals surface area contributed by atoms with Gasteiger partial charge in [-0.3, -0.25) is 4.79 Å². The van der Waals surface area contributed by atoms with Crippen LogP contribution in [0.3, 0.4) is 0 Å². The second-order valence-electron chi connectivity index (χ2n) is 6.18. The first-order valence-electron chi connectivity index (χ1n) is 8.72. The van der Waals surface area contributed by atoms with E-state index in [1.165, 1.54) is 0 Å². The van der Waals surface area contributed by atoms with Gasteiger partial charge in [-0.25, -0.2) is 5.01 Å². The molecule has 4 heteroatoms. The summed E-state index contributed by atoms with van der Waals surface area (Å²) in [5.74, 6) is 0.147. The van der Waals surface area contributed by atoms with Crippen molar-refractivity contribution in [3.05, 3.63) is 64.9 Å².